The maximum atomic E-state index is 11.3. The maximum absolute atomic E-state index is 11.3. The number of unbranched alkanes of at least 4 members (excludes halogenated alkanes) is 4. The van der Waals surface area contributed by atoms with Crippen LogP contribution in [0.3, 0.4) is 0 Å². The van der Waals surface area contributed by atoms with Gasteiger partial charge in [0.1, 0.15) is 5.60 Å². The van der Waals surface area contributed by atoms with Gasteiger partial charge in [0.15, 0.2) is 0 Å². The van der Waals surface area contributed by atoms with Crippen LogP contribution >= 0.6 is 0 Å². The fraction of sp³-hybridized carbons (Fsp3) is 0.704. The zero-order chi connectivity index (χ0) is 22.5. The van der Waals surface area contributed by atoms with Gasteiger partial charge in [0.25, 0.3) is 6.47 Å². The van der Waals surface area contributed by atoms with Gasteiger partial charge in [-0.25, -0.2) is 0 Å². The summed E-state index contributed by atoms with van der Waals surface area (Å²) in [5, 5.41) is 9.29. The van der Waals surface area contributed by atoms with Crippen LogP contribution in [0.15, 0.2) is 6.07 Å². The van der Waals surface area contributed by atoms with E-state index in [4.69, 9.17) is 4.74 Å². The molecule has 0 unspecified atom stereocenters. The molecule has 0 saturated heterocycles. The highest BCUT2D eigenvalue weighted by atomic mass is 16.5. The number of aryl methyl sites for hydroxylation is 2. The molecule has 0 radical (unpaired) electrons. The molecule has 0 amide bonds. The summed E-state index contributed by atoms with van der Waals surface area (Å²) >= 11 is 0. The van der Waals surface area contributed by atoms with Crippen LogP contribution < -0.4 is 0 Å². The summed E-state index contributed by atoms with van der Waals surface area (Å²) in [5.41, 5.74) is 6.76. The van der Waals surface area contributed by atoms with E-state index in [9.17, 15) is 14.7 Å². The first-order valence-corrected chi connectivity index (χ1v) is 12.3. The first-order chi connectivity index (χ1) is 14.8. The molecule has 2 aliphatic carbocycles. The summed E-state index contributed by atoms with van der Waals surface area (Å²) in [5.74, 6) is -0.588. The van der Waals surface area contributed by atoms with Gasteiger partial charge in [0.05, 0.1) is 5.41 Å². The standard InChI is InChI=1S/C27H40O4/c1-20-18-23(10-7-9-13-27(16-17-27)31-19-28)22(3)24(21(20)2)11-6-4-5-8-12-26(14-15-26)25(29)30/h18-19H,4-17H2,1-3H3,(H,29,30). The Morgan fingerprint density at radius 2 is 1.58 bits per heavy atom. The van der Waals surface area contributed by atoms with Crippen molar-refractivity contribution < 1.29 is 19.4 Å². The summed E-state index contributed by atoms with van der Waals surface area (Å²) in [6.07, 6.45) is 14.6. The monoisotopic (exact) mass is 428 g/mol. The number of carbonyl (C=O) groups excluding carboxylic acids is 1. The fourth-order valence-corrected chi connectivity index (χ4v) is 5.10. The largest absolute Gasteiger partial charge is 0.481 e. The van der Waals surface area contributed by atoms with Gasteiger partial charge in [-0.15, -0.1) is 0 Å². The lowest BCUT2D eigenvalue weighted by molar-refractivity contribution is -0.143. The van der Waals surface area contributed by atoms with Crippen molar-refractivity contribution >= 4 is 12.4 Å². The molecule has 0 aliphatic heterocycles. The molecular formula is C27H40O4. The van der Waals surface area contributed by atoms with Gasteiger partial charge in [-0.2, -0.15) is 0 Å². The van der Waals surface area contributed by atoms with E-state index in [2.05, 4.69) is 26.8 Å². The maximum Gasteiger partial charge on any atom is 0.309 e. The van der Waals surface area contributed by atoms with E-state index in [0.29, 0.717) is 6.47 Å². The normalized spacial score (nSPS) is 17.9. The Balaban J connectivity index is 1.43. The molecule has 2 saturated carbocycles. The van der Waals surface area contributed by atoms with E-state index in [1.54, 1.807) is 0 Å². The molecule has 0 bridgehead atoms. The second-order valence-corrected chi connectivity index (χ2v) is 10.2. The van der Waals surface area contributed by atoms with E-state index >= 15 is 0 Å². The molecule has 0 spiro atoms. The van der Waals surface area contributed by atoms with Gasteiger partial charge in [0, 0.05) is 0 Å². The van der Waals surface area contributed by atoms with Crippen LogP contribution in [0.1, 0.15) is 105 Å². The zero-order valence-corrected chi connectivity index (χ0v) is 19.7. The molecule has 4 heteroatoms. The van der Waals surface area contributed by atoms with Crippen molar-refractivity contribution in [3.05, 3.63) is 33.9 Å². The lowest BCUT2D eigenvalue weighted by Crippen LogP contribution is -2.14. The van der Waals surface area contributed by atoms with Crippen LogP contribution in [0, 0.1) is 26.2 Å². The third-order valence-electron chi connectivity index (χ3n) is 7.94. The molecular weight excluding hydrogens is 388 g/mol. The average molecular weight is 429 g/mol. The van der Waals surface area contributed by atoms with Crippen LogP contribution in [-0.2, 0) is 27.2 Å². The molecule has 2 aliphatic rings. The molecule has 0 heterocycles. The molecule has 1 aromatic rings. The SMILES string of the molecule is Cc1cc(CCCCC2(OC=O)CC2)c(C)c(CCCCCCC2(C(=O)O)CC2)c1C. The number of carboxylic acid groups (broad SMARTS) is 1. The zero-order valence-electron chi connectivity index (χ0n) is 19.7. The Labute approximate surface area is 187 Å². The van der Waals surface area contributed by atoms with Crippen molar-refractivity contribution in [1.29, 1.82) is 0 Å². The second kappa shape index (κ2) is 10.2. The van der Waals surface area contributed by atoms with Gasteiger partial charge in [-0.3, -0.25) is 9.59 Å². The summed E-state index contributed by atoms with van der Waals surface area (Å²) in [7, 11) is 0. The topological polar surface area (TPSA) is 63.6 Å². The first kappa shape index (κ1) is 23.8. The lowest BCUT2D eigenvalue weighted by atomic mass is 9.88. The number of benzene rings is 1. The minimum atomic E-state index is -0.588. The van der Waals surface area contributed by atoms with E-state index in [1.807, 2.05) is 0 Å². The second-order valence-electron chi connectivity index (χ2n) is 10.2. The van der Waals surface area contributed by atoms with Gasteiger partial charge in [0.2, 0.25) is 0 Å². The highest BCUT2D eigenvalue weighted by molar-refractivity contribution is 5.77. The molecule has 3 rings (SSSR count). The number of rotatable bonds is 15. The van der Waals surface area contributed by atoms with Crippen molar-refractivity contribution in [3.63, 3.8) is 0 Å². The number of hydrogen-bond donors (Lipinski definition) is 1. The quantitative estimate of drug-likeness (QED) is 0.260. The van der Waals surface area contributed by atoms with Crippen LogP contribution in [0.25, 0.3) is 0 Å². The number of aliphatic carboxylic acids is 1. The molecule has 31 heavy (non-hydrogen) atoms. The Morgan fingerprint density at radius 1 is 0.935 bits per heavy atom. The van der Waals surface area contributed by atoms with Crippen molar-refractivity contribution in [2.45, 2.75) is 116 Å². The smallest absolute Gasteiger partial charge is 0.309 e. The number of carboxylic acids is 1. The Morgan fingerprint density at radius 3 is 2.19 bits per heavy atom. The third-order valence-corrected chi connectivity index (χ3v) is 7.94. The first-order valence-electron chi connectivity index (χ1n) is 12.3. The summed E-state index contributed by atoms with van der Waals surface area (Å²) in [6.45, 7) is 7.36. The molecule has 172 valence electrons. The molecule has 0 atom stereocenters. The van der Waals surface area contributed by atoms with Gasteiger partial charge >= 0.3 is 5.97 Å². The van der Waals surface area contributed by atoms with E-state index in [0.717, 1.165) is 77.0 Å². The molecule has 2 fully saturated rings. The minimum absolute atomic E-state index is 0.130. The van der Waals surface area contributed by atoms with Crippen molar-refractivity contribution in [2.24, 2.45) is 5.41 Å². The van der Waals surface area contributed by atoms with Crippen LogP contribution in [0.4, 0.5) is 0 Å². The average Bonchev–Trinajstić information content (AvgIpc) is 3.65. The number of carbonyl (C=O) groups is 2. The molecule has 1 N–H and O–H groups in total. The van der Waals surface area contributed by atoms with E-state index in [-0.39, 0.29) is 11.0 Å². The third kappa shape index (κ3) is 6.11. The van der Waals surface area contributed by atoms with Gasteiger partial charge < -0.3 is 9.84 Å². The highest BCUT2D eigenvalue weighted by Gasteiger charge is 2.49. The van der Waals surface area contributed by atoms with Crippen molar-refractivity contribution in [1.82, 2.24) is 0 Å². The highest BCUT2D eigenvalue weighted by Crippen LogP contribution is 2.50. The van der Waals surface area contributed by atoms with Crippen LogP contribution in [0.2, 0.25) is 0 Å². The summed E-state index contributed by atoms with van der Waals surface area (Å²) in [4.78, 5) is 21.9. The Hall–Kier alpha value is -1.84. The van der Waals surface area contributed by atoms with Gasteiger partial charge in [-0.1, -0.05) is 25.3 Å². The van der Waals surface area contributed by atoms with Gasteiger partial charge in [-0.05, 0) is 119 Å². The number of ether oxygens (including phenoxy) is 1. The van der Waals surface area contributed by atoms with Crippen LogP contribution in [-0.4, -0.2) is 23.1 Å². The summed E-state index contributed by atoms with van der Waals surface area (Å²) in [6, 6.07) is 2.37. The Bertz CT molecular complexity index is 787. The van der Waals surface area contributed by atoms with Crippen molar-refractivity contribution in [2.75, 3.05) is 0 Å². The summed E-state index contributed by atoms with van der Waals surface area (Å²) < 4.78 is 5.27. The number of hydrogen-bond acceptors (Lipinski definition) is 3. The molecule has 0 aromatic heterocycles. The Kier molecular flexibility index (Phi) is 7.82. The minimum Gasteiger partial charge on any atom is -0.481 e. The van der Waals surface area contributed by atoms with Crippen molar-refractivity contribution in [3.8, 4) is 0 Å². The van der Waals surface area contributed by atoms with E-state index < -0.39 is 5.97 Å². The molecule has 4 nitrogen and oxygen atoms in total. The predicted octanol–water partition coefficient (Wildman–Crippen LogP) is 6.39. The fourth-order valence-electron chi connectivity index (χ4n) is 5.10. The van der Waals surface area contributed by atoms with Crippen LogP contribution in [0.5, 0.6) is 0 Å². The predicted molar refractivity (Wildman–Crippen MR) is 123 cm³/mol. The lowest BCUT2D eigenvalue weighted by Gasteiger charge is -2.18. The van der Waals surface area contributed by atoms with E-state index in [1.165, 1.54) is 40.7 Å². The molecule has 1 aromatic carbocycles.